The van der Waals surface area contributed by atoms with Gasteiger partial charge in [-0.1, -0.05) is 17.4 Å². The second-order valence-electron chi connectivity index (χ2n) is 6.15. The number of nitro groups is 1. The first-order valence-electron chi connectivity index (χ1n) is 8.70. The largest absolute Gasteiger partial charge is 0.493 e. The zero-order valence-electron chi connectivity index (χ0n) is 16.4. The van der Waals surface area contributed by atoms with E-state index in [0.29, 0.717) is 17.1 Å². The molecule has 2 aromatic carbocycles. The van der Waals surface area contributed by atoms with E-state index in [1.165, 1.54) is 14.2 Å². The Balaban J connectivity index is 1.71. The molecule has 31 heavy (non-hydrogen) atoms. The summed E-state index contributed by atoms with van der Waals surface area (Å²) in [6.07, 6.45) is 1.15. The number of non-ortho nitro benzene ring substituents is 1. The number of nitrogens with zero attached hydrogens (tertiary/aromatic N) is 2. The van der Waals surface area contributed by atoms with Gasteiger partial charge in [0.2, 0.25) is 15.7 Å². The van der Waals surface area contributed by atoms with Crippen molar-refractivity contribution < 1.29 is 27.6 Å². The third kappa shape index (κ3) is 4.98. The lowest BCUT2D eigenvalue weighted by atomic mass is 10.1. The van der Waals surface area contributed by atoms with Crippen LogP contribution in [0.15, 0.2) is 57.8 Å². The van der Waals surface area contributed by atoms with Crippen LogP contribution in [0.1, 0.15) is 5.56 Å². The maximum absolute atomic E-state index is 12.7. The van der Waals surface area contributed by atoms with Crippen molar-refractivity contribution in [2.75, 3.05) is 19.5 Å². The molecule has 1 amide bonds. The molecule has 0 aliphatic heterocycles. The van der Waals surface area contributed by atoms with E-state index in [9.17, 15) is 23.3 Å². The highest BCUT2D eigenvalue weighted by Crippen LogP contribution is 2.30. The van der Waals surface area contributed by atoms with Crippen molar-refractivity contribution in [2.24, 2.45) is 0 Å². The van der Waals surface area contributed by atoms with Crippen molar-refractivity contribution in [3.05, 3.63) is 64.3 Å². The third-order valence-electron chi connectivity index (χ3n) is 4.17. The first kappa shape index (κ1) is 22.2. The van der Waals surface area contributed by atoms with E-state index in [0.717, 1.165) is 41.8 Å². The quantitative estimate of drug-likeness (QED) is 0.397. The minimum Gasteiger partial charge on any atom is -0.493 e. The molecule has 1 aromatic heterocycles. The molecule has 0 spiro atoms. The molecule has 1 heterocycles. The van der Waals surface area contributed by atoms with Gasteiger partial charge in [-0.25, -0.2) is 13.4 Å². The minimum absolute atomic E-state index is 0.0182. The molecule has 0 atom stereocenters. The van der Waals surface area contributed by atoms with Crippen LogP contribution in [0.2, 0.25) is 0 Å². The average molecular weight is 463 g/mol. The molecular formula is C19H17N3O7S2. The van der Waals surface area contributed by atoms with Crippen molar-refractivity contribution in [3.63, 3.8) is 0 Å². The fraction of sp³-hybridized carbons (Fsp3) is 0.158. The first-order valence-corrected chi connectivity index (χ1v) is 11.0. The van der Waals surface area contributed by atoms with Crippen molar-refractivity contribution in [1.29, 1.82) is 0 Å². The monoisotopic (exact) mass is 463 g/mol. The highest BCUT2D eigenvalue weighted by atomic mass is 32.2. The number of thiazole rings is 1. The van der Waals surface area contributed by atoms with Gasteiger partial charge in [0.1, 0.15) is 4.21 Å². The Hall–Kier alpha value is -3.51. The number of aromatic nitrogens is 1. The topological polar surface area (TPSA) is 138 Å². The molecule has 10 nitrogen and oxygen atoms in total. The van der Waals surface area contributed by atoms with Gasteiger partial charge < -0.3 is 14.8 Å². The van der Waals surface area contributed by atoms with Crippen LogP contribution in [-0.4, -0.2) is 38.5 Å². The standard InChI is InChI=1S/C19H17N3O7S2/c1-28-15-8-3-12(9-16(15)29-2)10-17(23)21-19-20-11-18(30-19)31(26,27)14-6-4-13(5-7-14)22(24)25/h3-9,11H,10H2,1-2H3,(H,20,21,23). The van der Waals surface area contributed by atoms with Gasteiger partial charge >= 0.3 is 0 Å². The van der Waals surface area contributed by atoms with Crippen LogP contribution in [0.3, 0.4) is 0 Å². The molecule has 0 unspecified atom stereocenters. The number of hydrogen-bond acceptors (Lipinski definition) is 9. The Kier molecular flexibility index (Phi) is 6.51. The van der Waals surface area contributed by atoms with Crippen LogP contribution >= 0.6 is 11.3 Å². The Morgan fingerprint density at radius 3 is 2.42 bits per heavy atom. The number of amides is 1. The lowest BCUT2D eigenvalue weighted by molar-refractivity contribution is -0.384. The van der Waals surface area contributed by atoms with Crippen LogP contribution < -0.4 is 14.8 Å². The number of methoxy groups -OCH3 is 2. The minimum atomic E-state index is -3.92. The van der Waals surface area contributed by atoms with Crippen LogP contribution in [0.25, 0.3) is 0 Å². The van der Waals surface area contributed by atoms with E-state index >= 15 is 0 Å². The molecule has 0 radical (unpaired) electrons. The lowest BCUT2D eigenvalue weighted by Crippen LogP contribution is -2.14. The smallest absolute Gasteiger partial charge is 0.269 e. The molecule has 0 aliphatic rings. The summed E-state index contributed by atoms with van der Waals surface area (Å²) >= 11 is 0.788. The predicted octanol–water partition coefficient (Wildman–Crippen LogP) is 3.08. The van der Waals surface area contributed by atoms with Gasteiger partial charge in [0, 0.05) is 12.1 Å². The summed E-state index contributed by atoms with van der Waals surface area (Å²) in [7, 11) is -0.921. The normalized spacial score (nSPS) is 11.0. The summed E-state index contributed by atoms with van der Waals surface area (Å²) in [6.45, 7) is 0. The van der Waals surface area contributed by atoms with Gasteiger partial charge in [-0.15, -0.1) is 0 Å². The number of nitro benzene ring substituents is 1. The zero-order chi connectivity index (χ0) is 22.6. The summed E-state index contributed by atoms with van der Waals surface area (Å²) in [4.78, 5) is 26.3. The number of sulfone groups is 1. The SMILES string of the molecule is COc1ccc(CC(=O)Nc2ncc(S(=O)(=O)c3ccc([N+](=O)[O-])cc3)s2)cc1OC. The van der Waals surface area contributed by atoms with Gasteiger partial charge in [-0.2, -0.15) is 0 Å². The highest BCUT2D eigenvalue weighted by Gasteiger charge is 2.22. The molecule has 0 saturated heterocycles. The molecule has 1 N–H and O–H groups in total. The summed E-state index contributed by atoms with van der Waals surface area (Å²) in [6, 6.07) is 9.60. The van der Waals surface area contributed by atoms with Crippen molar-refractivity contribution in [2.45, 2.75) is 15.5 Å². The third-order valence-corrected chi connectivity index (χ3v) is 7.31. The fourth-order valence-electron chi connectivity index (χ4n) is 2.64. The summed E-state index contributed by atoms with van der Waals surface area (Å²) in [5, 5.41) is 13.4. The van der Waals surface area contributed by atoms with Crippen LogP contribution in [-0.2, 0) is 21.1 Å². The predicted molar refractivity (Wildman–Crippen MR) is 113 cm³/mol. The maximum Gasteiger partial charge on any atom is 0.269 e. The number of carbonyl (C=O) groups is 1. The molecule has 0 bridgehead atoms. The van der Waals surface area contributed by atoms with Crippen LogP contribution in [0, 0.1) is 10.1 Å². The molecule has 0 saturated carbocycles. The number of hydrogen-bond donors (Lipinski definition) is 1. The van der Waals surface area contributed by atoms with E-state index in [4.69, 9.17) is 9.47 Å². The van der Waals surface area contributed by atoms with E-state index in [-0.39, 0.29) is 32.3 Å². The fourth-order valence-corrected chi connectivity index (χ4v) is 5.09. The van der Waals surface area contributed by atoms with E-state index < -0.39 is 14.8 Å². The van der Waals surface area contributed by atoms with Gasteiger partial charge in [-0.3, -0.25) is 14.9 Å². The first-order chi connectivity index (χ1) is 14.7. The average Bonchev–Trinajstić information content (AvgIpc) is 3.22. The van der Waals surface area contributed by atoms with E-state index in [1.54, 1.807) is 18.2 Å². The molecule has 0 fully saturated rings. The summed E-state index contributed by atoms with van der Waals surface area (Å²) in [5.41, 5.74) is 0.455. The Labute approximate surface area is 181 Å². The summed E-state index contributed by atoms with van der Waals surface area (Å²) < 4.78 is 35.7. The maximum atomic E-state index is 12.7. The zero-order valence-corrected chi connectivity index (χ0v) is 18.0. The lowest BCUT2D eigenvalue weighted by Gasteiger charge is -2.09. The Bertz CT molecular complexity index is 1220. The molecule has 3 rings (SSSR count). The molecule has 162 valence electrons. The summed E-state index contributed by atoms with van der Waals surface area (Å²) in [5.74, 6) is 0.632. The number of anilines is 1. The van der Waals surface area contributed by atoms with Crippen molar-refractivity contribution in [1.82, 2.24) is 4.98 Å². The molecular weight excluding hydrogens is 446 g/mol. The number of rotatable bonds is 8. The Morgan fingerprint density at radius 2 is 1.81 bits per heavy atom. The van der Waals surface area contributed by atoms with E-state index in [2.05, 4.69) is 10.3 Å². The number of carbonyl (C=O) groups excluding carboxylic acids is 1. The van der Waals surface area contributed by atoms with Crippen molar-refractivity contribution in [3.8, 4) is 11.5 Å². The molecule has 0 aliphatic carbocycles. The van der Waals surface area contributed by atoms with Gasteiger partial charge in [0.05, 0.1) is 36.7 Å². The molecule has 3 aromatic rings. The van der Waals surface area contributed by atoms with E-state index in [1.807, 2.05) is 0 Å². The second-order valence-corrected chi connectivity index (χ2v) is 9.36. The van der Waals surface area contributed by atoms with Crippen LogP contribution in [0.5, 0.6) is 11.5 Å². The number of nitrogens with one attached hydrogen (secondary N) is 1. The highest BCUT2D eigenvalue weighted by molar-refractivity contribution is 7.93. The van der Waals surface area contributed by atoms with Crippen LogP contribution in [0.4, 0.5) is 10.8 Å². The van der Waals surface area contributed by atoms with Gasteiger partial charge in [-0.05, 0) is 29.8 Å². The van der Waals surface area contributed by atoms with Gasteiger partial charge in [0.25, 0.3) is 5.69 Å². The molecule has 12 heteroatoms. The van der Waals surface area contributed by atoms with Gasteiger partial charge in [0.15, 0.2) is 16.6 Å². The number of ether oxygens (including phenoxy) is 2. The van der Waals surface area contributed by atoms with Crippen molar-refractivity contribution >= 4 is 37.9 Å². The second kappa shape index (κ2) is 9.10. The Morgan fingerprint density at radius 1 is 1.13 bits per heavy atom. The number of benzene rings is 2.